The molecule has 218 valence electrons. The van der Waals surface area contributed by atoms with E-state index in [9.17, 15) is 105 Å². The Morgan fingerprint density at radius 2 is 0.622 bits per heavy atom. The number of alkyl halides is 21. The van der Waals surface area contributed by atoms with E-state index in [-0.39, 0.29) is 29.6 Å². The molecule has 1 unspecified atom stereocenters. The van der Waals surface area contributed by atoms with Gasteiger partial charge in [0.15, 0.2) is 0 Å². The summed E-state index contributed by atoms with van der Waals surface area (Å²) in [6.45, 7) is 0. The maximum atomic E-state index is 13.4. The topological polar surface area (TPSA) is 57.2 Å². The zero-order chi connectivity index (χ0) is 30.2. The van der Waals surface area contributed by atoms with E-state index in [1.54, 1.807) is 0 Å². The zero-order valence-corrected chi connectivity index (χ0v) is 19.0. The van der Waals surface area contributed by atoms with Crippen molar-refractivity contribution in [3.8, 4) is 0 Å². The third-order valence-electron chi connectivity index (χ3n) is 4.02. The molecule has 0 saturated heterocycles. The van der Waals surface area contributed by atoms with E-state index >= 15 is 0 Å². The second kappa shape index (κ2) is 9.82. The van der Waals surface area contributed by atoms with E-state index in [0.29, 0.717) is 0 Å². The van der Waals surface area contributed by atoms with Crippen LogP contribution in [-0.2, 0) is 10.1 Å². The van der Waals surface area contributed by atoms with Crippen LogP contribution in [0, 0.1) is 0 Å². The fraction of sp³-hybridized carbons (Fsp3) is 1.00. The van der Waals surface area contributed by atoms with E-state index < -0.39 is 75.4 Å². The molecule has 0 spiro atoms. The van der Waals surface area contributed by atoms with E-state index in [4.69, 9.17) is 0 Å². The van der Waals surface area contributed by atoms with Gasteiger partial charge in [0.1, 0.15) is 10.1 Å². The van der Waals surface area contributed by atoms with Gasteiger partial charge in [0.05, 0.1) is 0 Å². The van der Waals surface area contributed by atoms with Crippen LogP contribution >= 0.6 is 0 Å². The third kappa shape index (κ3) is 4.95. The first-order valence-electron chi connectivity index (χ1n) is 7.37. The van der Waals surface area contributed by atoms with Crippen molar-refractivity contribution < 1.29 is 135 Å². The summed E-state index contributed by atoms with van der Waals surface area (Å²) in [6, 6.07) is 0. The Hall–Kier alpha value is -0.560. The summed E-state index contributed by atoms with van der Waals surface area (Å²) in [5.74, 6) is -79.3. The van der Waals surface area contributed by atoms with Crippen molar-refractivity contribution in [1.29, 1.82) is 0 Å². The van der Waals surface area contributed by atoms with Crippen LogP contribution in [0.25, 0.3) is 0 Å². The molecule has 3 nitrogen and oxygen atoms in total. The van der Waals surface area contributed by atoms with Crippen LogP contribution < -0.4 is 29.6 Å². The minimum absolute atomic E-state index is 0. The summed E-state index contributed by atoms with van der Waals surface area (Å²) < 4.78 is 303. The van der Waals surface area contributed by atoms with Crippen LogP contribution in [0.2, 0.25) is 0 Å². The van der Waals surface area contributed by atoms with E-state index in [2.05, 4.69) is 0 Å². The van der Waals surface area contributed by atoms with Gasteiger partial charge in [-0.3, -0.25) is 0 Å². The zero-order valence-electron chi connectivity index (χ0n) is 16.2. The summed E-state index contributed by atoms with van der Waals surface area (Å²) in [5.41, 5.74) is -6.27. The molecule has 0 aromatic carbocycles. The van der Waals surface area contributed by atoms with Crippen molar-refractivity contribution in [2.45, 2.75) is 65.2 Å². The molecule has 0 amide bonds. The predicted octanol–water partition coefficient (Wildman–Crippen LogP) is 2.81. The van der Waals surface area contributed by atoms with Crippen molar-refractivity contribution >= 4 is 10.1 Å². The molecule has 0 aliphatic carbocycles. The standard InChI is InChI=1S/C11H3F21O3S.Na/c12-1(13)3(15,16)5(19,20)7(23,24)9(27,28)11(31,32)10(29,30)8(25,26)6(21,22)4(17,18)2(14)36(33,34)35;/h1-2H,(H,33,34,35);/q;+1/p-1. The number of hydrogen-bond acceptors (Lipinski definition) is 3. The van der Waals surface area contributed by atoms with Gasteiger partial charge >= 0.3 is 89.3 Å². The van der Waals surface area contributed by atoms with Crippen LogP contribution in [0.4, 0.5) is 92.2 Å². The largest absolute Gasteiger partial charge is 1.00 e. The molecule has 0 aliphatic heterocycles. The maximum Gasteiger partial charge on any atom is 1.00 e. The van der Waals surface area contributed by atoms with E-state index in [0.717, 1.165) is 0 Å². The Labute approximate surface area is 210 Å². The Kier molecular flexibility index (Phi) is 10.2. The molecule has 0 aromatic heterocycles. The van der Waals surface area contributed by atoms with Gasteiger partial charge in [0.2, 0.25) is 0 Å². The normalized spacial score (nSPS) is 17.1. The van der Waals surface area contributed by atoms with Gasteiger partial charge in [-0.05, 0) is 0 Å². The first-order valence-corrected chi connectivity index (χ1v) is 8.84. The first-order chi connectivity index (χ1) is 15.1. The van der Waals surface area contributed by atoms with Crippen molar-refractivity contribution in [3.05, 3.63) is 0 Å². The second-order valence-electron chi connectivity index (χ2n) is 6.38. The monoisotopic (exact) mass is 636 g/mol. The van der Waals surface area contributed by atoms with Gasteiger partial charge in [-0.25, -0.2) is 21.6 Å². The maximum absolute atomic E-state index is 13.4. The predicted molar refractivity (Wildman–Crippen MR) is 65.1 cm³/mol. The minimum atomic E-state index is -9.32. The summed E-state index contributed by atoms with van der Waals surface area (Å²) in [5, 5.41) is 0. The Balaban J connectivity index is 0. The quantitative estimate of drug-likeness (QED) is 0.199. The summed E-state index contributed by atoms with van der Waals surface area (Å²) in [6.07, 6.45) is -6.21. The van der Waals surface area contributed by atoms with Crippen molar-refractivity contribution in [1.82, 2.24) is 0 Å². The summed E-state index contributed by atoms with van der Waals surface area (Å²) >= 11 is 0. The molecule has 0 N–H and O–H groups in total. The molecule has 0 aromatic rings. The van der Waals surface area contributed by atoms with Gasteiger partial charge in [-0.15, -0.1) is 0 Å². The van der Waals surface area contributed by atoms with E-state index in [1.165, 1.54) is 0 Å². The van der Waals surface area contributed by atoms with Crippen LogP contribution in [0.15, 0.2) is 0 Å². The first kappa shape index (κ1) is 38.6. The van der Waals surface area contributed by atoms with Gasteiger partial charge in [-0.1, -0.05) is 0 Å². The van der Waals surface area contributed by atoms with Gasteiger partial charge in [0.25, 0.3) is 5.50 Å². The number of rotatable bonds is 11. The van der Waals surface area contributed by atoms with Crippen LogP contribution in [0.1, 0.15) is 0 Å². The molecule has 0 heterocycles. The minimum Gasteiger partial charge on any atom is -0.746 e. The van der Waals surface area contributed by atoms with Gasteiger partial charge in [0, 0.05) is 0 Å². The molecule has 0 fully saturated rings. The number of hydrogen-bond donors (Lipinski definition) is 0. The fourth-order valence-corrected chi connectivity index (χ4v) is 2.38. The Morgan fingerprint density at radius 3 is 0.811 bits per heavy atom. The van der Waals surface area contributed by atoms with Gasteiger partial charge in [-0.2, -0.15) is 79.0 Å². The Morgan fingerprint density at radius 1 is 0.432 bits per heavy atom. The summed E-state index contributed by atoms with van der Waals surface area (Å²) in [4.78, 5) is 0. The molecule has 0 aliphatic rings. The SMILES string of the molecule is O=S(=O)([O-])C(F)C(F)(F)C(F)(F)C(F)(F)C(F)(F)C(F)(F)C(F)(F)C(F)(F)C(F)(F)C(F)(F)C(F)F.[Na+]. The molecular formula is C11H2F21NaO3S. The number of halogens is 21. The smallest absolute Gasteiger partial charge is 0.746 e. The molecule has 0 radical (unpaired) electrons. The van der Waals surface area contributed by atoms with Gasteiger partial charge < -0.3 is 4.55 Å². The Bertz CT molecular complexity index is 928. The molecule has 0 rings (SSSR count). The van der Waals surface area contributed by atoms with Crippen molar-refractivity contribution in [2.75, 3.05) is 0 Å². The van der Waals surface area contributed by atoms with Crippen molar-refractivity contribution in [2.24, 2.45) is 0 Å². The second-order valence-corrected chi connectivity index (χ2v) is 7.78. The van der Waals surface area contributed by atoms with Crippen LogP contribution in [-0.4, -0.2) is 78.2 Å². The molecule has 26 heteroatoms. The molecular weight excluding hydrogens is 634 g/mol. The van der Waals surface area contributed by atoms with Crippen molar-refractivity contribution in [3.63, 3.8) is 0 Å². The fourth-order valence-electron chi connectivity index (χ4n) is 1.87. The average Bonchev–Trinajstić information content (AvgIpc) is 2.64. The van der Waals surface area contributed by atoms with Crippen LogP contribution in [0.3, 0.4) is 0 Å². The molecule has 0 saturated carbocycles. The average molecular weight is 636 g/mol. The summed E-state index contributed by atoms with van der Waals surface area (Å²) in [7, 11) is -7.61. The molecule has 37 heavy (non-hydrogen) atoms. The molecule has 1 atom stereocenters. The third-order valence-corrected chi connectivity index (χ3v) is 4.82. The van der Waals surface area contributed by atoms with E-state index in [1.807, 2.05) is 0 Å². The molecule has 0 bridgehead atoms. The van der Waals surface area contributed by atoms with Crippen LogP contribution in [0.5, 0.6) is 0 Å².